The lowest BCUT2D eigenvalue weighted by atomic mass is 9.79. The molecule has 1 atom stereocenters. The van der Waals surface area contributed by atoms with E-state index in [0.717, 1.165) is 6.42 Å². The van der Waals surface area contributed by atoms with Gasteiger partial charge < -0.3 is 5.11 Å². The summed E-state index contributed by atoms with van der Waals surface area (Å²) in [7, 11) is 0. The van der Waals surface area contributed by atoms with E-state index in [9.17, 15) is 5.11 Å². The summed E-state index contributed by atoms with van der Waals surface area (Å²) in [6.45, 7) is 0. The van der Waals surface area contributed by atoms with Gasteiger partial charge >= 0.3 is 0 Å². The maximum absolute atomic E-state index is 9.89. The molecule has 0 spiro atoms. The zero-order valence-corrected chi connectivity index (χ0v) is 10.3. The minimum Gasteiger partial charge on any atom is -0.392 e. The summed E-state index contributed by atoms with van der Waals surface area (Å²) in [5.74, 6) is 0.564. The Morgan fingerprint density at radius 2 is 1.93 bits per heavy atom. The quantitative estimate of drug-likeness (QED) is 0.851. The molecule has 0 heterocycles. The van der Waals surface area contributed by atoms with Crippen molar-refractivity contribution in [3.63, 3.8) is 0 Å². The molecule has 1 saturated carbocycles. The van der Waals surface area contributed by atoms with Crippen molar-refractivity contribution in [1.29, 1.82) is 0 Å². The topological polar surface area (TPSA) is 20.2 Å². The molecule has 1 aromatic carbocycles. The number of hydrogen-bond acceptors (Lipinski definition) is 1. The second-order valence-corrected chi connectivity index (χ2v) is 5.33. The van der Waals surface area contributed by atoms with Crippen LogP contribution in [0.15, 0.2) is 24.3 Å². The first-order valence-corrected chi connectivity index (χ1v) is 6.26. The van der Waals surface area contributed by atoms with Crippen molar-refractivity contribution in [2.75, 3.05) is 0 Å². The highest BCUT2D eigenvalue weighted by Gasteiger charge is 2.25. The van der Waals surface area contributed by atoms with E-state index in [2.05, 4.69) is 46.9 Å². The Balaban J connectivity index is 1.92. The highest BCUT2D eigenvalue weighted by Crippen LogP contribution is 2.30. The molecule has 14 heavy (non-hydrogen) atoms. The predicted molar refractivity (Wildman–Crippen MR) is 66.2 cm³/mol. The van der Waals surface area contributed by atoms with Gasteiger partial charge in [-0.25, -0.2) is 0 Å². The Bertz CT molecular complexity index is 290. The van der Waals surface area contributed by atoms with Gasteiger partial charge in [0.1, 0.15) is 0 Å². The van der Waals surface area contributed by atoms with E-state index in [1.807, 2.05) is 0 Å². The van der Waals surface area contributed by atoms with E-state index in [1.54, 1.807) is 0 Å². The first-order valence-electron chi connectivity index (χ1n) is 5.18. The summed E-state index contributed by atoms with van der Waals surface area (Å²) in [5, 5.41) is 9.89. The van der Waals surface area contributed by atoms with E-state index in [0.29, 0.717) is 5.92 Å². The number of aliphatic hydroxyl groups is 1. The third kappa shape index (κ3) is 2.48. The number of aliphatic hydroxyl groups excluding tert-OH is 1. The molecule has 1 unspecified atom stereocenters. The molecule has 1 N–H and O–H groups in total. The van der Waals surface area contributed by atoms with Gasteiger partial charge in [-0.1, -0.05) is 18.6 Å². The Morgan fingerprint density at radius 3 is 2.43 bits per heavy atom. The van der Waals surface area contributed by atoms with Crippen LogP contribution in [0.4, 0.5) is 0 Å². The number of rotatable bonds is 3. The second kappa shape index (κ2) is 4.62. The molecular weight excluding hydrogens is 287 g/mol. The SMILES string of the molecule is OC(Cc1ccc(I)cc1)C1CCC1. The van der Waals surface area contributed by atoms with Gasteiger partial charge in [0.05, 0.1) is 6.10 Å². The summed E-state index contributed by atoms with van der Waals surface area (Å²) < 4.78 is 1.25. The van der Waals surface area contributed by atoms with Crippen LogP contribution < -0.4 is 0 Å². The Morgan fingerprint density at radius 1 is 1.29 bits per heavy atom. The molecule has 0 radical (unpaired) electrons. The predicted octanol–water partition coefficient (Wildman–Crippen LogP) is 2.99. The largest absolute Gasteiger partial charge is 0.392 e. The lowest BCUT2D eigenvalue weighted by Gasteiger charge is -2.30. The monoisotopic (exact) mass is 302 g/mol. The summed E-state index contributed by atoms with van der Waals surface area (Å²) in [6.07, 6.45) is 4.43. The summed E-state index contributed by atoms with van der Waals surface area (Å²) in [4.78, 5) is 0. The fourth-order valence-electron chi connectivity index (χ4n) is 1.85. The van der Waals surface area contributed by atoms with Gasteiger partial charge in [0, 0.05) is 3.57 Å². The molecule has 0 saturated heterocycles. The minimum absolute atomic E-state index is 0.121. The van der Waals surface area contributed by atoms with Crippen molar-refractivity contribution < 1.29 is 5.11 Å². The summed E-state index contributed by atoms with van der Waals surface area (Å²) in [6, 6.07) is 8.43. The molecule has 1 aliphatic rings. The van der Waals surface area contributed by atoms with Crippen molar-refractivity contribution in [2.45, 2.75) is 31.8 Å². The molecule has 0 aromatic heterocycles. The molecule has 2 heteroatoms. The van der Waals surface area contributed by atoms with Gasteiger partial charge in [0.25, 0.3) is 0 Å². The smallest absolute Gasteiger partial charge is 0.0608 e. The van der Waals surface area contributed by atoms with E-state index in [1.165, 1.54) is 28.4 Å². The van der Waals surface area contributed by atoms with Crippen LogP contribution in [0.3, 0.4) is 0 Å². The lowest BCUT2D eigenvalue weighted by molar-refractivity contribution is 0.0630. The molecule has 2 rings (SSSR count). The maximum atomic E-state index is 9.89. The molecule has 0 amide bonds. The van der Waals surface area contributed by atoms with Gasteiger partial charge in [-0.3, -0.25) is 0 Å². The first-order chi connectivity index (χ1) is 6.75. The van der Waals surface area contributed by atoms with Gasteiger partial charge in [-0.15, -0.1) is 0 Å². The summed E-state index contributed by atoms with van der Waals surface area (Å²) in [5.41, 5.74) is 1.25. The molecule has 1 aromatic rings. The molecule has 0 bridgehead atoms. The maximum Gasteiger partial charge on any atom is 0.0608 e. The molecule has 1 fully saturated rings. The van der Waals surface area contributed by atoms with Crippen LogP contribution in [0.2, 0.25) is 0 Å². The van der Waals surface area contributed by atoms with Crippen molar-refractivity contribution in [1.82, 2.24) is 0 Å². The fraction of sp³-hybridized carbons (Fsp3) is 0.500. The lowest BCUT2D eigenvalue weighted by Crippen LogP contribution is -2.28. The van der Waals surface area contributed by atoms with Gasteiger partial charge in [0.15, 0.2) is 0 Å². The minimum atomic E-state index is -0.121. The van der Waals surface area contributed by atoms with Crippen molar-refractivity contribution in [3.8, 4) is 0 Å². The highest BCUT2D eigenvalue weighted by atomic mass is 127. The van der Waals surface area contributed by atoms with Crippen LogP contribution in [0, 0.1) is 9.49 Å². The van der Waals surface area contributed by atoms with E-state index >= 15 is 0 Å². The third-order valence-corrected chi connectivity index (χ3v) is 3.77. The average molecular weight is 302 g/mol. The second-order valence-electron chi connectivity index (χ2n) is 4.09. The van der Waals surface area contributed by atoms with Crippen LogP contribution in [-0.4, -0.2) is 11.2 Å². The molecule has 76 valence electrons. The van der Waals surface area contributed by atoms with E-state index < -0.39 is 0 Å². The Hall–Kier alpha value is -0.0900. The van der Waals surface area contributed by atoms with E-state index in [-0.39, 0.29) is 6.10 Å². The molecular formula is C12H15IO. The summed E-state index contributed by atoms with van der Waals surface area (Å²) >= 11 is 2.30. The molecule has 0 aliphatic heterocycles. The number of benzene rings is 1. The van der Waals surface area contributed by atoms with Crippen molar-refractivity contribution in [3.05, 3.63) is 33.4 Å². The van der Waals surface area contributed by atoms with Gasteiger partial charge in [0.2, 0.25) is 0 Å². The van der Waals surface area contributed by atoms with Gasteiger partial charge in [-0.2, -0.15) is 0 Å². The highest BCUT2D eigenvalue weighted by molar-refractivity contribution is 14.1. The van der Waals surface area contributed by atoms with Crippen molar-refractivity contribution >= 4 is 22.6 Å². The van der Waals surface area contributed by atoms with Crippen LogP contribution in [0.1, 0.15) is 24.8 Å². The van der Waals surface area contributed by atoms with Crippen LogP contribution in [0.5, 0.6) is 0 Å². The number of halogens is 1. The van der Waals surface area contributed by atoms with Crippen molar-refractivity contribution in [2.24, 2.45) is 5.92 Å². The normalized spacial score (nSPS) is 19.0. The van der Waals surface area contributed by atoms with Crippen LogP contribution in [0.25, 0.3) is 0 Å². The fourth-order valence-corrected chi connectivity index (χ4v) is 2.21. The Kier molecular flexibility index (Phi) is 3.44. The van der Waals surface area contributed by atoms with Gasteiger partial charge in [-0.05, 0) is 65.5 Å². The van der Waals surface area contributed by atoms with Crippen LogP contribution >= 0.6 is 22.6 Å². The Labute approximate surface area is 98.7 Å². The zero-order valence-electron chi connectivity index (χ0n) is 8.12. The van der Waals surface area contributed by atoms with Crippen LogP contribution in [-0.2, 0) is 6.42 Å². The number of hydrogen-bond donors (Lipinski definition) is 1. The van der Waals surface area contributed by atoms with E-state index in [4.69, 9.17) is 0 Å². The first kappa shape index (κ1) is 10.4. The third-order valence-electron chi connectivity index (χ3n) is 3.05. The molecule has 1 nitrogen and oxygen atoms in total. The standard InChI is InChI=1S/C12H15IO/c13-11-6-4-9(5-7-11)8-12(14)10-2-1-3-10/h4-7,10,12,14H,1-3,8H2. The average Bonchev–Trinajstić information content (AvgIpc) is 2.06. The zero-order chi connectivity index (χ0) is 9.97. The molecule has 1 aliphatic carbocycles.